The second kappa shape index (κ2) is 5.57. The van der Waals surface area contributed by atoms with Gasteiger partial charge in [-0.3, -0.25) is 0 Å². The molecule has 3 aliphatic rings. The zero-order valence-corrected chi connectivity index (χ0v) is 13.7. The Balaban J connectivity index is 1.61. The van der Waals surface area contributed by atoms with Gasteiger partial charge in [-0.05, 0) is 25.0 Å². The van der Waals surface area contributed by atoms with Gasteiger partial charge in [-0.1, -0.05) is 6.08 Å². The van der Waals surface area contributed by atoms with Crippen molar-refractivity contribution >= 4 is 11.5 Å². The number of hydrogen-bond acceptors (Lipinski definition) is 5. The van der Waals surface area contributed by atoms with Gasteiger partial charge in [0.15, 0.2) is 5.76 Å². The number of fused-ring (bicyclic) bond motifs is 1. The normalized spacial score (nSPS) is 22.6. The highest BCUT2D eigenvalue weighted by atomic mass is 16.7. The number of nitrogens with zero attached hydrogens (tertiary/aromatic N) is 2. The van der Waals surface area contributed by atoms with Crippen LogP contribution >= 0.6 is 0 Å². The molecule has 0 spiro atoms. The van der Waals surface area contributed by atoms with Gasteiger partial charge in [0.05, 0.1) is 18.9 Å². The van der Waals surface area contributed by atoms with Gasteiger partial charge < -0.3 is 19.1 Å². The van der Waals surface area contributed by atoms with Crippen LogP contribution in [0.15, 0.2) is 24.5 Å². The fraction of sp³-hybridized carbons (Fsp3) is 0.500. The summed E-state index contributed by atoms with van der Waals surface area (Å²) in [6.07, 6.45) is 5.98. The molecule has 1 saturated heterocycles. The minimum atomic E-state index is -0.605. The Morgan fingerprint density at radius 1 is 1.17 bits per heavy atom. The largest absolute Gasteiger partial charge is 0.457 e. The Bertz CT molecular complexity index is 673. The summed E-state index contributed by atoms with van der Waals surface area (Å²) < 4.78 is 16.8. The summed E-state index contributed by atoms with van der Waals surface area (Å²) in [4.78, 5) is 7.24. The molecule has 0 saturated carbocycles. The summed E-state index contributed by atoms with van der Waals surface area (Å²) in [5.74, 6) is 0.103. The molecule has 4 rings (SSSR count). The van der Waals surface area contributed by atoms with Crippen LogP contribution in [0.2, 0.25) is 0 Å². The van der Waals surface area contributed by atoms with Crippen molar-refractivity contribution < 1.29 is 14.2 Å². The number of aryl methyl sites for hydroxylation is 1. The van der Waals surface area contributed by atoms with E-state index in [1.165, 1.54) is 11.3 Å². The summed E-state index contributed by atoms with van der Waals surface area (Å²) in [6, 6.07) is 4.18. The van der Waals surface area contributed by atoms with Crippen molar-refractivity contribution in [2.75, 3.05) is 26.3 Å². The van der Waals surface area contributed by atoms with E-state index in [9.17, 15) is 0 Å². The Labute approximate surface area is 136 Å². The molecular weight excluding hydrogens is 292 g/mol. The molecule has 0 amide bonds. The SMILES string of the molecule is CC1(C)OC=C(c2ccc3c(n2)CCC=C3N2CCOCC2)O1. The maximum atomic E-state index is 5.80. The second-order valence-electron chi connectivity index (χ2n) is 6.52. The monoisotopic (exact) mass is 314 g/mol. The first-order valence-electron chi connectivity index (χ1n) is 8.23. The van der Waals surface area contributed by atoms with Gasteiger partial charge in [-0.2, -0.15) is 0 Å². The maximum Gasteiger partial charge on any atom is 0.245 e. The predicted molar refractivity (Wildman–Crippen MR) is 87.2 cm³/mol. The highest BCUT2D eigenvalue weighted by Gasteiger charge is 2.30. The third-order valence-electron chi connectivity index (χ3n) is 4.38. The third kappa shape index (κ3) is 2.81. The van der Waals surface area contributed by atoms with Crippen molar-refractivity contribution in [1.82, 2.24) is 9.88 Å². The van der Waals surface area contributed by atoms with Crippen LogP contribution in [0.3, 0.4) is 0 Å². The summed E-state index contributed by atoms with van der Waals surface area (Å²) in [7, 11) is 0. The lowest BCUT2D eigenvalue weighted by atomic mass is 9.97. The number of pyridine rings is 1. The van der Waals surface area contributed by atoms with E-state index in [4.69, 9.17) is 19.2 Å². The molecular formula is C18H22N2O3. The lowest BCUT2D eigenvalue weighted by Crippen LogP contribution is -2.35. The van der Waals surface area contributed by atoms with Gasteiger partial charge in [0.25, 0.3) is 0 Å². The highest BCUT2D eigenvalue weighted by Crippen LogP contribution is 2.33. The number of morpholine rings is 1. The predicted octanol–water partition coefficient (Wildman–Crippen LogP) is 2.78. The Hall–Kier alpha value is -2.01. The van der Waals surface area contributed by atoms with Crippen molar-refractivity contribution in [2.24, 2.45) is 0 Å². The number of ether oxygens (including phenoxy) is 3. The Kier molecular flexibility index (Phi) is 3.53. The average molecular weight is 314 g/mol. The summed E-state index contributed by atoms with van der Waals surface area (Å²) in [5, 5.41) is 0. The lowest BCUT2D eigenvalue weighted by molar-refractivity contribution is -0.102. The summed E-state index contributed by atoms with van der Waals surface area (Å²) in [5.41, 5.74) is 4.52. The second-order valence-corrected chi connectivity index (χ2v) is 6.52. The first-order valence-corrected chi connectivity index (χ1v) is 8.23. The van der Waals surface area contributed by atoms with E-state index in [0.29, 0.717) is 5.76 Å². The van der Waals surface area contributed by atoms with E-state index in [1.807, 2.05) is 19.9 Å². The fourth-order valence-electron chi connectivity index (χ4n) is 3.24. The smallest absolute Gasteiger partial charge is 0.245 e. The molecule has 0 aromatic carbocycles. The topological polar surface area (TPSA) is 43.8 Å². The minimum absolute atomic E-state index is 0.605. The van der Waals surface area contributed by atoms with Crippen molar-refractivity contribution in [1.29, 1.82) is 0 Å². The third-order valence-corrected chi connectivity index (χ3v) is 4.38. The molecule has 0 bridgehead atoms. The van der Waals surface area contributed by atoms with Crippen molar-refractivity contribution in [3.8, 4) is 0 Å². The van der Waals surface area contributed by atoms with E-state index < -0.39 is 5.79 Å². The number of allylic oxidation sites excluding steroid dienone is 1. The van der Waals surface area contributed by atoms with Crippen LogP contribution in [-0.2, 0) is 20.6 Å². The first kappa shape index (κ1) is 14.6. The molecule has 1 aromatic rings. The van der Waals surface area contributed by atoms with Crippen molar-refractivity contribution in [3.63, 3.8) is 0 Å². The van der Waals surface area contributed by atoms with Crippen LogP contribution in [0.25, 0.3) is 11.5 Å². The highest BCUT2D eigenvalue weighted by molar-refractivity contribution is 5.69. The van der Waals surface area contributed by atoms with E-state index >= 15 is 0 Å². The molecule has 5 nitrogen and oxygen atoms in total. The molecule has 1 fully saturated rings. The molecule has 1 aliphatic carbocycles. The zero-order valence-electron chi connectivity index (χ0n) is 13.7. The molecule has 122 valence electrons. The summed E-state index contributed by atoms with van der Waals surface area (Å²) in [6.45, 7) is 7.28. The molecule has 5 heteroatoms. The molecule has 0 atom stereocenters. The molecule has 23 heavy (non-hydrogen) atoms. The molecule has 0 unspecified atom stereocenters. The van der Waals surface area contributed by atoms with Gasteiger partial charge >= 0.3 is 0 Å². The molecule has 2 aliphatic heterocycles. The quantitative estimate of drug-likeness (QED) is 0.840. The van der Waals surface area contributed by atoms with Crippen LogP contribution < -0.4 is 0 Å². The van der Waals surface area contributed by atoms with Crippen LogP contribution in [-0.4, -0.2) is 42.0 Å². The first-order chi connectivity index (χ1) is 11.1. The number of aromatic nitrogens is 1. The van der Waals surface area contributed by atoms with Crippen molar-refractivity contribution in [3.05, 3.63) is 41.4 Å². The van der Waals surface area contributed by atoms with Gasteiger partial charge in [0.2, 0.25) is 5.79 Å². The minimum Gasteiger partial charge on any atom is -0.457 e. The van der Waals surface area contributed by atoms with Gasteiger partial charge in [0.1, 0.15) is 12.0 Å². The molecule has 0 radical (unpaired) electrons. The van der Waals surface area contributed by atoms with Gasteiger partial charge in [0, 0.05) is 38.2 Å². The van der Waals surface area contributed by atoms with E-state index in [2.05, 4.69) is 17.0 Å². The van der Waals surface area contributed by atoms with Crippen molar-refractivity contribution in [2.45, 2.75) is 32.5 Å². The molecule has 1 aromatic heterocycles. The van der Waals surface area contributed by atoms with Crippen LogP contribution in [0, 0.1) is 0 Å². The van der Waals surface area contributed by atoms with Gasteiger partial charge in [-0.15, -0.1) is 0 Å². The van der Waals surface area contributed by atoms with E-state index in [1.54, 1.807) is 6.26 Å². The average Bonchev–Trinajstić information content (AvgIpc) is 2.94. The number of hydrogen-bond donors (Lipinski definition) is 0. The van der Waals surface area contributed by atoms with E-state index in [0.717, 1.165) is 50.5 Å². The number of rotatable bonds is 2. The molecule has 0 N–H and O–H groups in total. The standard InChI is InChI=1S/C18H22N2O3/c1-18(2)22-12-17(23-18)15-7-6-13-14(19-15)4-3-5-16(13)20-8-10-21-11-9-20/h5-7,12H,3-4,8-11H2,1-2H3. The fourth-order valence-corrected chi connectivity index (χ4v) is 3.24. The van der Waals surface area contributed by atoms with Crippen LogP contribution in [0.5, 0.6) is 0 Å². The molecule has 3 heterocycles. The lowest BCUT2D eigenvalue weighted by Gasteiger charge is -2.33. The maximum absolute atomic E-state index is 5.80. The van der Waals surface area contributed by atoms with Gasteiger partial charge in [-0.25, -0.2) is 4.98 Å². The van der Waals surface area contributed by atoms with E-state index in [-0.39, 0.29) is 0 Å². The zero-order chi connectivity index (χ0) is 15.9. The Morgan fingerprint density at radius 3 is 2.74 bits per heavy atom. The van der Waals surface area contributed by atoms with Crippen LogP contribution in [0.4, 0.5) is 0 Å². The van der Waals surface area contributed by atoms with Crippen LogP contribution in [0.1, 0.15) is 37.2 Å². The Morgan fingerprint density at radius 2 is 2.00 bits per heavy atom. The summed E-state index contributed by atoms with van der Waals surface area (Å²) >= 11 is 0.